The molecule has 0 atom stereocenters. The average molecular weight is 447 g/mol. The lowest BCUT2D eigenvalue weighted by Gasteiger charge is -2.25. The molecule has 0 saturated carbocycles. The van der Waals surface area contributed by atoms with Crippen LogP contribution in [0.5, 0.6) is 5.75 Å². The van der Waals surface area contributed by atoms with Crippen molar-refractivity contribution >= 4 is 42.6 Å². The summed E-state index contributed by atoms with van der Waals surface area (Å²) < 4.78 is 33.2. The van der Waals surface area contributed by atoms with Crippen molar-refractivity contribution in [3.8, 4) is 5.75 Å². The van der Waals surface area contributed by atoms with Crippen LogP contribution in [0.4, 0.5) is 5.13 Å². The minimum Gasteiger partial charge on any atom is -0.494 e. The largest absolute Gasteiger partial charge is 0.494 e. The van der Waals surface area contributed by atoms with E-state index in [9.17, 15) is 13.2 Å². The molecule has 158 valence electrons. The number of hydrazine groups is 1. The fourth-order valence-electron chi connectivity index (χ4n) is 3.36. The van der Waals surface area contributed by atoms with Crippen molar-refractivity contribution in [3.05, 3.63) is 48.0 Å². The number of thiazole rings is 1. The zero-order chi connectivity index (χ0) is 21.1. The van der Waals surface area contributed by atoms with Gasteiger partial charge in [-0.1, -0.05) is 23.8 Å². The number of anilines is 1. The van der Waals surface area contributed by atoms with Gasteiger partial charge in [0.2, 0.25) is 15.2 Å². The van der Waals surface area contributed by atoms with Crippen molar-refractivity contribution in [2.24, 2.45) is 0 Å². The number of piperidine rings is 1. The monoisotopic (exact) mass is 446 g/mol. The van der Waals surface area contributed by atoms with Gasteiger partial charge in [0.15, 0.2) is 0 Å². The lowest BCUT2D eigenvalue weighted by molar-refractivity contribution is 0.0962. The summed E-state index contributed by atoms with van der Waals surface area (Å²) in [7, 11) is -1.93. The van der Waals surface area contributed by atoms with Gasteiger partial charge >= 0.3 is 0 Å². The number of fused-ring (bicyclic) bond motifs is 1. The van der Waals surface area contributed by atoms with Gasteiger partial charge in [0.25, 0.3) is 5.91 Å². The summed E-state index contributed by atoms with van der Waals surface area (Å²) in [6.45, 7) is 1.09. The third kappa shape index (κ3) is 4.11. The summed E-state index contributed by atoms with van der Waals surface area (Å²) >= 11 is 1.38. The predicted molar refractivity (Wildman–Crippen MR) is 116 cm³/mol. The number of benzene rings is 2. The first-order chi connectivity index (χ1) is 14.5. The Bertz CT molecular complexity index is 1150. The highest BCUT2D eigenvalue weighted by molar-refractivity contribution is 7.89. The van der Waals surface area contributed by atoms with E-state index in [4.69, 9.17) is 4.74 Å². The molecule has 0 spiro atoms. The zero-order valence-electron chi connectivity index (χ0n) is 16.4. The summed E-state index contributed by atoms with van der Waals surface area (Å²) in [5, 5.41) is 0.521. The Balaban J connectivity index is 1.43. The number of rotatable bonds is 6. The Labute approximate surface area is 178 Å². The number of methoxy groups -OCH3 is 1. The van der Waals surface area contributed by atoms with Crippen molar-refractivity contribution in [3.63, 3.8) is 0 Å². The van der Waals surface area contributed by atoms with Crippen molar-refractivity contribution in [1.29, 1.82) is 0 Å². The van der Waals surface area contributed by atoms with Crippen LogP contribution in [-0.2, 0) is 10.0 Å². The molecule has 0 aliphatic carbocycles. The molecule has 1 amide bonds. The summed E-state index contributed by atoms with van der Waals surface area (Å²) in [6, 6.07) is 11.6. The van der Waals surface area contributed by atoms with E-state index < -0.39 is 10.0 Å². The van der Waals surface area contributed by atoms with Crippen molar-refractivity contribution in [2.45, 2.75) is 24.2 Å². The summed E-state index contributed by atoms with van der Waals surface area (Å²) in [5.74, 6) is 0.275. The second-order valence-corrected chi connectivity index (χ2v) is 9.86. The van der Waals surface area contributed by atoms with Crippen LogP contribution < -0.4 is 15.6 Å². The highest BCUT2D eigenvalue weighted by Gasteiger charge is 2.26. The molecular formula is C20H22N4O4S2. The molecule has 30 heavy (non-hydrogen) atoms. The van der Waals surface area contributed by atoms with Gasteiger partial charge in [-0.25, -0.2) is 13.4 Å². The quantitative estimate of drug-likeness (QED) is 0.564. The number of para-hydroxylation sites is 1. The van der Waals surface area contributed by atoms with Crippen LogP contribution in [0.25, 0.3) is 10.2 Å². The van der Waals surface area contributed by atoms with E-state index in [-0.39, 0.29) is 10.8 Å². The Morgan fingerprint density at radius 1 is 1.10 bits per heavy atom. The normalized spacial score (nSPS) is 15.1. The van der Waals surface area contributed by atoms with Crippen LogP contribution in [0.1, 0.15) is 29.6 Å². The highest BCUT2D eigenvalue weighted by atomic mass is 32.2. The molecular weight excluding hydrogens is 424 g/mol. The molecule has 1 saturated heterocycles. The van der Waals surface area contributed by atoms with Crippen LogP contribution >= 0.6 is 11.3 Å². The van der Waals surface area contributed by atoms with Crippen LogP contribution in [0.2, 0.25) is 0 Å². The van der Waals surface area contributed by atoms with Crippen molar-refractivity contribution < 1.29 is 17.9 Å². The van der Waals surface area contributed by atoms with Gasteiger partial charge in [0.05, 0.1) is 16.7 Å². The number of sulfonamides is 1. The Hall–Kier alpha value is -2.69. The van der Waals surface area contributed by atoms with E-state index in [2.05, 4.69) is 15.8 Å². The fourth-order valence-corrected chi connectivity index (χ4v) is 5.71. The minimum atomic E-state index is -3.52. The Kier molecular flexibility index (Phi) is 5.89. The maximum absolute atomic E-state index is 12.7. The lowest BCUT2D eigenvalue weighted by atomic mass is 10.2. The molecule has 10 heteroatoms. The van der Waals surface area contributed by atoms with Crippen LogP contribution in [0, 0.1) is 0 Å². The molecule has 1 aliphatic rings. The first-order valence-electron chi connectivity index (χ1n) is 9.59. The molecule has 2 N–H and O–H groups in total. The fraction of sp³-hybridized carbons (Fsp3) is 0.300. The SMILES string of the molecule is COc1cccc2sc(NNC(=O)c3ccc(S(=O)(=O)N4CCCCC4)cc3)nc12. The lowest BCUT2D eigenvalue weighted by Crippen LogP contribution is -2.35. The van der Waals surface area contributed by atoms with Crippen molar-refractivity contribution in [1.82, 2.24) is 14.7 Å². The Morgan fingerprint density at radius 2 is 1.83 bits per heavy atom. The number of amides is 1. The number of nitrogens with one attached hydrogen (secondary N) is 2. The molecule has 0 unspecified atom stereocenters. The predicted octanol–water partition coefficient (Wildman–Crippen LogP) is 3.24. The van der Waals surface area contributed by atoms with Gasteiger partial charge in [-0.2, -0.15) is 4.31 Å². The molecule has 1 aliphatic heterocycles. The number of hydrogen-bond donors (Lipinski definition) is 2. The molecule has 2 aromatic carbocycles. The van der Waals surface area contributed by atoms with Gasteiger partial charge in [-0.05, 0) is 49.2 Å². The van der Waals surface area contributed by atoms with Gasteiger partial charge < -0.3 is 4.74 Å². The third-order valence-corrected chi connectivity index (χ3v) is 7.80. The van der Waals surface area contributed by atoms with Gasteiger partial charge in [0, 0.05) is 18.7 Å². The minimum absolute atomic E-state index is 0.201. The molecule has 1 aromatic heterocycles. The molecule has 2 heterocycles. The molecule has 4 rings (SSSR count). The second kappa shape index (κ2) is 8.58. The first kappa shape index (κ1) is 20.6. The average Bonchev–Trinajstić information content (AvgIpc) is 3.21. The van der Waals surface area contributed by atoms with E-state index >= 15 is 0 Å². The summed E-state index contributed by atoms with van der Waals surface area (Å²) in [4.78, 5) is 17.1. The van der Waals surface area contributed by atoms with E-state index in [0.717, 1.165) is 24.0 Å². The van der Waals surface area contributed by atoms with Gasteiger partial charge in [0.1, 0.15) is 11.3 Å². The van der Waals surface area contributed by atoms with E-state index in [1.54, 1.807) is 7.11 Å². The number of carbonyl (C=O) groups is 1. The van der Waals surface area contributed by atoms with Crippen LogP contribution in [-0.4, -0.2) is 43.8 Å². The molecule has 8 nitrogen and oxygen atoms in total. The first-order valence-corrected chi connectivity index (χ1v) is 11.8. The zero-order valence-corrected chi connectivity index (χ0v) is 18.1. The van der Waals surface area contributed by atoms with E-state index in [1.807, 2.05) is 18.2 Å². The van der Waals surface area contributed by atoms with Gasteiger partial charge in [-0.3, -0.25) is 15.6 Å². The summed E-state index contributed by atoms with van der Waals surface area (Å²) in [6.07, 6.45) is 2.81. The Morgan fingerprint density at radius 3 is 2.53 bits per heavy atom. The van der Waals surface area contributed by atoms with Crippen molar-refractivity contribution in [2.75, 3.05) is 25.6 Å². The maximum atomic E-state index is 12.7. The van der Waals surface area contributed by atoms with E-state index in [1.165, 1.54) is 39.9 Å². The number of aromatic nitrogens is 1. The molecule has 1 fully saturated rings. The number of nitrogens with zero attached hydrogens (tertiary/aromatic N) is 2. The van der Waals surface area contributed by atoms with Crippen LogP contribution in [0.3, 0.4) is 0 Å². The third-order valence-electron chi connectivity index (χ3n) is 4.95. The second-order valence-electron chi connectivity index (χ2n) is 6.89. The molecule has 0 bridgehead atoms. The van der Waals surface area contributed by atoms with Crippen LogP contribution in [0.15, 0.2) is 47.4 Å². The molecule has 0 radical (unpaired) electrons. The maximum Gasteiger partial charge on any atom is 0.269 e. The number of carbonyl (C=O) groups excluding carboxylic acids is 1. The highest BCUT2D eigenvalue weighted by Crippen LogP contribution is 2.31. The number of ether oxygens (including phenoxy) is 1. The molecule has 3 aromatic rings. The smallest absolute Gasteiger partial charge is 0.269 e. The number of hydrogen-bond acceptors (Lipinski definition) is 7. The standard InChI is InChI=1S/C20H22N4O4S2/c1-28-16-6-5-7-17-18(16)21-20(29-17)23-22-19(25)14-8-10-15(11-9-14)30(26,27)24-12-3-2-4-13-24/h5-11H,2-4,12-13H2,1H3,(H,21,23)(H,22,25). The van der Waals surface area contributed by atoms with E-state index in [0.29, 0.717) is 35.1 Å². The summed E-state index contributed by atoms with van der Waals surface area (Å²) in [5.41, 5.74) is 6.46. The topological polar surface area (TPSA) is 101 Å². The van der Waals surface area contributed by atoms with Gasteiger partial charge in [-0.15, -0.1) is 0 Å².